The van der Waals surface area contributed by atoms with Gasteiger partial charge in [-0.1, -0.05) is 0 Å². The number of carbonyl (C=O) groups excluding carboxylic acids is 1. The molecule has 24 heavy (non-hydrogen) atoms. The second-order valence-electron chi connectivity index (χ2n) is 5.11. The lowest BCUT2D eigenvalue weighted by Gasteiger charge is -2.19. The Morgan fingerprint density at radius 2 is 1.58 bits per heavy atom. The van der Waals surface area contributed by atoms with Crippen molar-refractivity contribution in [1.29, 1.82) is 0 Å². The molecular formula is C16H15NO7. The number of carboxylic acid groups (broad SMARTS) is 1. The van der Waals surface area contributed by atoms with Crippen LogP contribution in [0, 0.1) is 0 Å². The van der Waals surface area contributed by atoms with Crippen molar-refractivity contribution >= 4 is 17.6 Å². The van der Waals surface area contributed by atoms with E-state index in [1.807, 2.05) is 0 Å². The van der Waals surface area contributed by atoms with Crippen LogP contribution in [-0.2, 0) is 11.2 Å². The Labute approximate surface area is 136 Å². The zero-order valence-electron chi connectivity index (χ0n) is 12.6. The zero-order valence-corrected chi connectivity index (χ0v) is 12.6. The number of benzene rings is 2. The summed E-state index contributed by atoms with van der Waals surface area (Å²) < 4.78 is 0. The van der Waals surface area contributed by atoms with Gasteiger partial charge in [0, 0.05) is 24.4 Å². The van der Waals surface area contributed by atoms with Gasteiger partial charge in [-0.25, -0.2) is 0 Å². The smallest absolute Gasteiger partial charge is 0.307 e. The highest BCUT2D eigenvalue weighted by molar-refractivity contribution is 6.08. The summed E-state index contributed by atoms with van der Waals surface area (Å²) in [6.45, 7) is 0. The molecule has 0 aliphatic heterocycles. The highest BCUT2D eigenvalue weighted by Gasteiger charge is 2.21. The van der Waals surface area contributed by atoms with Gasteiger partial charge >= 0.3 is 5.97 Å². The number of aromatic hydroxyl groups is 4. The van der Waals surface area contributed by atoms with Crippen LogP contribution in [0.15, 0.2) is 30.3 Å². The van der Waals surface area contributed by atoms with Crippen LogP contribution in [0.2, 0.25) is 0 Å². The number of hydrogen-bond acceptors (Lipinski definition) is 6. The van der Waals surface area contributed by atoms with Crippen molar-refractivity contribution in [2.24, 2.45) is 0 Å². The fraction of sp³-hybridized carbons (Fsp3) is 0.125. The molecule has 5 N–H and O–H groups in total. The van der Waals surface area contributed by atoms with Crippen molar-refractivity contribution in [3.05, 3.63) is 41.5 Å². The molecule has 2 rings (SSSR count). The van der Waals surface area contributed by atoms with E-state index in [9.17, 15) is 30.0 Å². The minimum atomic E-state index is -1.19. The molecule has 0 saturated carbocycles. The van der Waals surface area contributed by atoms with Gasteiger partial charge in [0.05, 0.1) is 12.0 Å². The lowest BCUT2D eigenvalue weighted by Crippen LogP contribution is -2.26. The summed E-state index contributed by atoms with van der Waals surface area (Å²) in [6, 6.07) is 5.72. The molecule has 0 spiro atoms. The molecule has 0 aliphatic rings. The molecular weight excluding hydrogens is 318 g/mol. The lowest BCUT2D eigenvalue weighted by molar-refractivity contribution is -0.136. The first-order valence-electron chi connectivity index (χ1n) is 6.77. The third-order valence-electron chi connectivity index (χ3n) is 3.42. The van der Waals surface area contributed by atoms with E-state index >= 15 is 0 Å². The minimum Gasteiger partial charge on any atom is -0.508 e. The van der Waals surface area contributed by atoms with E-state index in [1.54, 1.807) is 0 Å². The molecule has 0 aliphatic carbocycles. The number of phenols is 4. The number of anilines is 1. The summed E-state index contributed by atoms with van der Waals surface area (Å²) in [6.07, 6.45) is -0.504. The molecule has 0 bridgehead atoms. The minimum absolute atomic E-state index is 0.0264. The van der Waals surface area contributed by atoms with Gasteiger partial charge < -0.3 is 30.4 Å². The van der Waals surface area contributed by atoms with E-state index in [1.165, 1.54) is 19.2 Å². The molecule has 0 atom stereocenters. The van der Waals surface area contributed by atoms with Crippen molar-refractivity contribution in [2.75, 3.05) is 11.9 Å². The van der Waals surface area contributed by atoms with E-state index in [4.69, 9.17) is 5.11 Å². The van der Waals surface area contributed by atoms with Crippen molar-refractivity contribution < 1.29 is 35.1 Å². The number of phenolic OH excluding ortho intramolecular Hbond substituents is 4. The molecule has 0 saturated heterocycles. The largest absolute Gasteiger partial charge is 0.508 e. The normalized spacial score (nSPS) is 10.4. The first-order valence-corrected chi connectivity index (χ1v) is 6.77. The second-order valence-corrected chi connectivity index (χ2v) is 5.11. The first kappa shape index (κ1) is 16.9. The van der Waals surface area contributed by atoms with Gasteiger partial charge in [0.2, 0.25) is 0 Å². The Hall–Kier alpha value is -3.42. The van der Waals surface area contributed by atoms with Crippen LogP contribution in [0.5, 0.6) is 23.0 Å². The van der Waals surface area contributed by atoms with E-state index in [2.05, 4.69) is 0 Å². The Kier molecular flexibility index (Phi) is 4.50. The third kappa shape index (κ3) is 3.32. The van der Waals surface area contributed by atoms with E-state index in [0.29, 0.717) is 0 Å². The van der Waals surface area contributed by atoms with Crippen LogP contribution >= 0.6 is 0 Å². The van der Waals surface area contributed by atoms with Crippen LogP contribution in [0.3, 0.4) is 0 Å². The number of hydrogen-bond donors (Lipinski definition) is 5. The molecule has 0 aromatic heterocycles. The van der Waals surface area contributed by atoms with Gasteiger partial charge in [0.1, 0.15) is 11.5 Å². The average molecular weight is 333 g/mol. The molecule has 2 aromatic carbocycles. The molecule has 1 amide bonds. The van der Waals surface area contributed by atoms with E-state index < -0.39 is 35.5 Å². The summed E-state index contributed by atoms with van der Waals surface area (Å²) in [4.78, 5) is 24.2. The fourth-order valence-electron chi connectivity index (χ4n) is 2.11. The van der Waals surface area contributed by atoms with E-state index in [-0.39, 0.29) is 22.6 Å². The first-order chi connectivity index (χ1) is 11.2. The van der Waals surface area contributed by atoms with Gasteiger partial charge in [0.25, 0.3) is 5.91 Å². The Balaban J connectivity index is 2.36. The molecule has 8 nitrogen and oxygen atoms in total. The molecule has 0 unspecified atom stereocenters. The summed E-state index contributed by atoms with van der Waals surface area (Å²) in [5.74, 6) is -3.58. The second kappa shape index (κ2) is 6.37. The van der Waals surface area contributed by atoms with Crippen LogP contribution < -0.4 is 4.90 Å². The summed E-state index contributed by atoms with van der Waals surface area (Å²) in [7, 11) is 1.37. The topological polar surface area (TPSA) is 139 Å². The Morgan fingerprint density at radius 3 is 2.17 bits per heavy atom. The van der Waals surface area contributed by atoms with E-state index in [0.717, 1.165) is 23.1 Å². The fourth-order valence-corrected chi connectivity index (χ4v) is 2.11. The van der Waals surface area contributed by atoms with Crippen LogP contribution in [0.1, 0.15) is 15.9 Å². The van der Waals surface area contributed by atoms with Crippen molar-refractivity contribution in [1.82, 2.24) is 0 Å². The maximum absolute atomic E-state index is 12.4. The van der Waals surface area contributed by atoms with Crippen molar-refractivity contribution in [3.63, 3.8) is 0 Å². The van der Waals surface area contributed by atoms with Crippen LogP contribution in [0.25, 0.3) is 0 Å². The standard InChI is InChI=1S/C16H15NO7/c1-17(9-2-3-11(18)14(21)6-9)16(24)10-7-12(19)8(4-13(10)20)5-15(22)23/h2-4,6-7,18-21H,5H2,1H3,(H,22,23). The molecule has 8 heteroatoms. The van der Waals surface area contributed by atoms with Crippen LogP contribution in [-0.4, -0.2) is 44.5 Å². The highest BCUT2D eigenvalue weighted by Crippen LogP contribution is 2.32. The highest BCUT2D eigenvalue weighted by atomic mass is 16.4. The van der Waals surface area contributed by atoms with Gasteiger partial charge in [-0.05, 0) is 24.3 Å². The van der Waals surface area contributed by atoms with Gasteiger partial charge in [-0.3, -0.25) is 9.59 Å². The molecule has 0 radical (unpaired) electrons. The molecule has 0 heterocycles. The average Bonchev–Trinajstić information content (AvgIpc) is 2.51. The third-order valence-corrected chi connectivity index (χ3v) is 3.42. The number of rotatable bonds is 4. The predicted molar refractivity (Wildman–Crippen MR) is 83.6 cm³/mol. The quantitative estimate of drug-likeness (QED) is 0.421. The number of nitrogens with zero attached hydrogens (tertiary/aromatic N) is 1. The van der Waals surface area contributed by atoms with Gasteiger partial charge in [-0.15, -0.1) is 0 Å². The molecule has 0 fully saturated rings. The maximum Gasteiger partial charge on any atom is 0.307 e. The predicted octanol–water partition coefficient (Wildman–Crippen LogP) is 1.41. The SMILES string of the molecule is CN(C(=O)c1cc(O)c(CC(=O)O)cc1O)c1ccc(O)c(O)c1. The van der Waals surface area contributed by atoms with Gasteiger partial charge in [0.15, 0.2) is 11.5 Å². The van der Waals surface area contributed by atoms with Gasteiger partial charge in [-0.2, -0.15) is 0 Å². The summed E-state index contributed by atoms with van der Waals surface area (Å²) in [5.41, 5.74) is -0.0259. The molecule has 2 aromatic rings. The number of amides is 1. The molecule has 126 valence electrons. The monoisotopic (exact) mass is 333 g/mol. The Bertz CT molecular complexity index is 816. The van der Waals surface area contributed by atoms with Crippen molar-refractivity contribution in [3.8, 4) is 23.0 Å². The van der Waals surface area contributed by atoms with Crippen LogP contribution in [0.4, 0.5) is 5.69 Å². The summed E-state index contributed by atoms with van der Waals surface area (Å²) in [5, 5.41) is 47.3. The Morgan fingerprint density at radius 1 is 0.917 bits per heavy atom. The zero-order chi connectivity index (χ0) is 18.0. The number of carbonyl (C=O) groups is 2. The maximum atomic E-state index is 12.4. The number of aliphatic carboxylic acids is 1. The lowest BCUT2D eigenvalue weighted by atomic mass is 10.0. The van der Waals surface area contributed by atoms with Crippen molar-refractivity contribution in [2.45, 2.75) is 6.42 Å². The number of carboxylic acids is 1. The summed E-state index contributed by atoms with van der Waals surface area (Å²) >= 11 is 0.